The zero-order valence-corrected chi connectivity index (χ0v) is 14.0. The van der Waals surface area contributed by atoms with E-state index in [2.05, 4.69) is 4.98 Å². The monoisotopic (exact) mass is 313 g/mol. The van der Waals surface area contributed by atoms with Crippen molar-refractivity contribution in [2.45, 2.75) is 32.2 Å². The van der Waals surface area contributed by atoms with Crippen LogP contribution in [0.3, 0.4) is 0 Å². The summed E-state index contributed by atoms with van der Waals surface area (Å²) in [6, 6.07) is 7.72. The van der Waals surface area contributed by atoms with Gasteiger partial charge < -0.3 is 14.2 Å². The van der Waals surface area contributed by atoms with Gasteiger partial charge in [-0.15, -0.1) is 0 Å². The Labute approximate surface area is 136 Å². The van der Waals surface area contributed by atoms with E-state index in [1.54, 1.807) is 13.4 Å². The van der Waals surface area contributed by atoms with Gasteiger partial charge >= 0.3 is 0 Å². The molecule has 1 aliphatic heterocycles. The molecular weight excluding hydrogens is 290 g/mol. The van der Waals surface area contributed by atoms with Crippen molar-refractivity contribution in [3.05, 3.63) is 48.0 Å². The van der Waals surface area contributed by atoms with Gasteiger partial charge in [0.15, 0.2) is 0 Å². The number of hydrogen-bond acceptors (Lipinski definition) is 3. The van der Waals surface area contributed by atoms with Crippen LogP contribution >= 0.6 is 0 Å². The average Bonchev–Trinajstić information content (AvgIpc) is 3.25. The summed E-state index contributed by atoms with van der Waals surface area (Å²) in [5, 5.41) is 0. The molecule has 2 aromatic rings. The maximum absolute atomic E-state index is 13.3. The van der Waals surface area contributed by atoms with Gasteiger partial charge in [-0.1, -0.05) is 12.1 Å². The number of imidazole rings is 1. The predicted molar refractivity (Wildman–Crippen MR) is 88.5 cm³/mol. The number of carbonyl (C=O) groups is 1. The third kappa shape index (κ3) is 2.71. The maximum atomic E-state index is 13.3. The Kier molecular flexibility index (Phi) is 4.11. The topological polar surface area (TPSA) is 47.4 Å². The van der Waals surface area contributed by atoms with Crippen LogP contribution in [0.4, 0.5) is 0 Å². The SMILES string of the molecule is COc1ccc(C(C)(C(=O)N2CCCC2)n2cnc(C)c2)cc1. The fraction of sp³-hybridized carbons (Fsp3) is 0.444. The summed E-state index contributed by atoms with van der Waals surface area (Å²) in [6.07, 6.45) is 5.83. The van der Waals surface area contributed by atoms with Crippen molar-refractivity contribution in [1.29, 1.82) is 0 Å². The molecule has 1 amide bonds. The van der Waals surface area contributed by atoms with Gasteiger partial charge in [-0.25, -0.2) is 4.98 Å². The summed E-state index contributed by atoms with van der Waals surface area (Å²) in [5.74, 6) is 0.907. The Hall–Kier alpha value is -2.30. The molecule has 0 bridgehead atoms. The number of benzene rings is 1. The van der Waals surface area contributed by atoms with Gasteiger partial charge in [0.1, 0.15) is 11.3 Å². The first-order valence-corrected chi connectivity index (χ1v) is 8.00. The summed E-state index contributed by atoms with van der Waals surface area (Å²) >= 11 is 0. The smallest absolute Gasteiger partial charge is 0.253 e. The van der Waals surface area contributed by atoms with Crippen LogP contribution in [0.15, 0.2) is 36.8 Å². The summed E-state index contributed by atoms with van der Waals surface area (Å²) in [4.78, 5) is 19.6. The van der Waals surface area contributed by atoms with Gasteiger partial charge in [0.2, 0.25) is 0 Å². The standard InChI is InChI=1S/C18H23N3O2/c1-14-12-21(13-19-14)18(2,17(22)20-10-4-5-11-20)15-6-8-16(23-3)9-7-15/h6-9,12-13H,4-5,10-11H2,1-3H3. The highest BCUT2D eigenvalue weighted by molar-refractivity contribution is 5.88. The largest absolute Gasteiger partial charge is 0.497 e. The molecule has 0 N–H and O–H groups in total. The molecule has 23 heavy (non-hydrogen) atoms. The number of carbonyl (C=O) groups excluding carboxylic acids is 1. The zero-order chi connectivity index (χ0) is 16.4. The van der Waals surface area contributed by atoms with E-state index in [0.29, 0.717) is 0 Å². The van der Waals surface area contributed by atoms with Crippen LogP contribution in [0.2, 0.25) is 0 Å². The van der Waals surface area contributed by atoms with Gasteiger partial charge in [0.25, 0.3) is 5.91 Å². The van der Waals surface area contributed by atoms with E-state index in [1.165, 1.54) is 0 Å². The Balaban J connectivity index is 2.06. The molecule has 0 spiro atoms. The Morgan fingerprint density at radius 2 is 1.87 bits per heavy atom. The molecule has 0 radical (unpaired) electrons. The maximum Gasteiger partial charge on any atom is 0.253 e. The first kappa shape index (κ1) is 15.6. The molecule has 1 atom stereocenters. The second-order valence-electron chi connectivity index (χ2n) is 6.22. The molecule has 3 rings (SSSR count). The molecule has 1 aromatic heterocycles. The van der Waals surface area contributed by atoms with Gasteiger partial charge in [-0.05, 0) is 44.4 Å². The molecule has 1 aliphatic rings. The first-order chi connectivity index (χ1) is 11.1. The molecule has 122 valence electrons. The van der Waals surface area contributed by atoms with Crippen molar-refractivity contribution in [2.75, 3.05) is 20.2 Å². The van der Waals surface area contributed by atoms with Crippen LogP contribution in [0.1, 0.15) is 31.0 Å². The van der Waals surface area contributed by atoms with Crippen LogP contribution in [0.5, 0.6) is 5.75 Å². The van der Waals surface area contributed by atoms with Crippen molar-refractivity contribution in [3.8, 4) is 5.75 Å². The van der Waals surface area contributed by atoms with Crippen molar-refractivity contribution in [3.63, 3.8) is 0 Å². The number of amides is 1. The molecule has 0 saturated carbocycles. The van der Waals surface area contributed by atoms with E-state index in [1.807, 2.05) is 53.8 Å². The molecular formula is C18H23N3O2. The van der Waals surface area contributed by atoms with Crippen LogP contribution in [0.25, 0.3) is 0 Å². The van der Waals surface area contributed by atoms with E-state index in [0.717, 1.165) is 42.9 Å². The molecule has 2 heterocycles. The Morgan fingerprint density at radius 3 is 2.39 bits per heavy atom. The lowest BCUT2D eigenvalue weighted by molar-refractivity contribution is -0.137. The molecule has 0 aliphatic carbocycles. The summed E-state index contributed by atoms with van der Waals surface area (Å²) in [5.41, 5.74) is 1.05. The van der Waals surface area contributed by atoms with Crippen molar-refractivity contribution < 1.29 is 9.53 Å². The number of aromatic nitrogens is 2. The number of ether oxygens (including phenoxy) is 1. The lowest BCUT2D eigenvalue weighted by Gasteiger charge is -2.34. The van der Waals surface area contributed by atoms with Crippen LogP contribution < -0.4 is 4.74 Å². The van der Waals surface area contributed by atoms with Crippen LogP contribution in [-0.2, 0) is 10.3 Å². The second kappa shape index (κ2) is 6.07. The van der Waals surface area contributed by atoms with Crippen LogP contribution in [-0.4, -0.2) is 40.6 Å². The third-order valence-electron chi connectivity index (χ3n) is 4.69. The molecule has 5 nitrogen and oxygen atoms in total. The Bertz CT molecular complexity index is 687. The number of methoxy groups -OCH3 is 1. The van der Waals surface area contributed by atoms with Gasteiger partial charge in [-0.3, -0.25) is 4.79 Å². The highest BCUT2D eigenvalue weighted by Gasteiger charge is 2.40. The van der Waals surface area contributed by atoms with Crippen LogP contribution in [0, 0.1) is 6.92 Å². The van der Waals surface area contributed by atoms with Gasteiger partial charge in [0, 0.05) is 19.3 Å². The Morgan fingerprint density at radius 1 is 1.22 bits per heavy atom. The minimum absolute atomic E-state index is 0.123. The summed E-state index contributed by atoms with van der Waals surface area (Å²) < 4.78 is 7.16. The normalized spacial score (nSPS) is 17.1. The second-order valence-corrected chi connectivity index (χ2v) is 6.22. The number of hydrogen-bond donors (Lipinski definition) is 0. The zero-order valence-electron chi connectivity index (χ0n) is 14.0. The number of aryl methyl sites for hydroxylation is 1. The van der Waals surface area contributed by atoms with E-state index < -0.39 is 5.54 Å². The molecule has 1 fully saturated rings. The lowest BCUT2D eigenvalue weighted by atomic mass is 9.90. The number of nitrogens with zero attached hydrogens (tertiary/aromatic N) is 3. The highest BCUT2D eigenvalue weighted by Crippen LogP contribution is 2.31. The molecule has 1 aromatic carbocycles. The third-order valence-corrected chi connectivity index (χ3v) is 4.69. The molecule has 5 heteroatoms. The average molecular weight is 313 g/mol. The summed E-state index contributed by atoms with van der Waals surface area (Å²) in [6.45, 7) is 5.57. The lowest BCUT2D eigenvalue weighted by Crippen LogP contribution is -2.48. The van der Waals surface area contributed by atoms with E-state index in [9.17, 15) is 4.79 Å². The fourth-order valence-electron chi connectivity index (χ4n) is 3.19. The summed E-state index contributed by atoms with van der Waals surface area (Å²) in [7, 11) is 1.64. The van der Waals surface area contributed by atoms with Gasteiger partial charge in [0.05, 0.1) is 19.1 Å². The highest BCUT2D eigenvalue weighted by atomic mass is 16.5. The van der Waals surface area contributed by atoms with Gasteiger partial charge in [-0.2, -0.15) is 0 Å². The minimum Gasteiger partial charge on any atom is -0.497 e. The van der Waals surface area contributed by atoms with E-state index in [4.69, 9.17) is 4.74 Å². The predicted octanol–water partition coefficient (Wildman–Crippen LogP) is 2.59. The van der Waals surface area contributed by atoms with E-state index in [-0.39, 0.29) is 5.91 Å². The van der Waals surface area contributed by atoms with Crippen molar-refractivity contribution in [1.82, 2.24) is 14.5 Å². The molecule has 1 unspecified atom stereocenters. The quantitative estimate of drug-likeness (QED) is 0.871. The van der Waals surface area contributed by atoms with Crippen molar-refractivity contribution >= 4 is 5.91 Å². The first-order valence-electron chi connectivity index (χ1n) is 8.00. The number of rotatable bonds is 4. The fourth-order valence-corrected chi connectivity index (χ4v) is 3.19. The number of likely N-dealkylation sites (tertiary alicyclic amines) is 1. The van der Waals surface area contributed by atoms with Crippen molar-refractivity contribution in [2.24, 2.45) is 0 Å². The molecule has 1 saturated heterocycles. The minimum atomic E-state index is -0.794. The van der Waals surface area contributed by atoms with E-state index >= 15 is 0 Å².